The van der Waals surface area contributed by atoms with Crippen LogP contribution in [-0.4, -0.2) is 14.8 Å². The molecule has 0 spiro atoms. The Morgan fingerprint density at radius 2 is 2.26 bits per heavy atom. The van der Waals surface area contributed by atoms with Gasteiger partial charge in [0.25, 0.3) is 0 Å². The van der Waals surface area contributed by atoms with Crippen molar-refractivity contribution in [2.24, 2.45) is 0 Å². The fraction of sp³-hybridized carbons (Fsp3) is 0.571. The fourth-order valence-corrected chi connectivity index (χ4v) is 3.31. The number of aromatic amines is 1. The molecule has 104 valence electrons. The summed E-state index contributed by atoms with van der Waals surface area (Å²) in [4.78, 5) is 1.17. The maximum atomic E-state index is 5.37. The number of aromatic nitrogens is 3. The van der Waals surface area contributed by atoms with Crippen LogP contribution in [0, 0.1) is 4.77 Å². The van der Waals surface area contributed by atoms with Crippen molar-refractivity contribution in [2.45, 2.75) is 52.0 Å². The molecule has 0 aromatic carbocycles. The van der Waals surface area contributed by atoms with E-state index in [2.05, 4.69) is 40.1 Å². The molecule has 1 N–H and O–H groups in total. The van der Waals surface area contributed by atoms with Gasteiger partial charge in [-0.05, 0) is 37.0 Å². The smallest absolute Gasteiger partial charge is 0.195 e. The van der Waals surface area contributed by atoms with Crippen molar-refractivity contribution >= 4 is 23.6 Å². The van der Waals surface area contributed by atoms with Gasteiger partial charge in [-0.3, -0.25) is 9.67 Å². The maximum absolute atomic E-state index is 5.37. The van der Waals surface area contributed by atoms with Crippen molar-refractivity contribution in [2.75, 3.05) is 0 Å². The molecule has 3 nitrogen and oxygen atoms in total. The predicted molar refractivity (Wildman–Crippen MR) is 84.2 cm³/mol. The Labute approximate surface area is 123 Å². The first-order chi connectivity index (χ1) is 9.24. The first-order valence-electron chi connectivity index (χ1n) is 6.94. The third-order valence-corrected chi connectivity index (χ3v) is 4.52. The zero-order valence-electron chi connectivity index (χ0n) is 11.6. The number of hydrogen-bond acceptors (Lipinski definition) is 3. The van der Waals surface area contributed by atoms with Gasteiger partial charge in [0.15, 0.2) is 10.6 Å². The third-order valence-electron chi connectivity index (χ3n) is 3.36. The molecule has 0 aliphatic carbocycles. The van der Waals surface area contributed by atoms with Crippen LogP contribution >= 0.6 is 23.6 Å². The third kappa shape index (κ3) is 3.54. The SMILES string of the molecule is CCCCCCC(C)n1c(-c2cccs2)n[nH]c1=S. The molecule has 2 aromatic heterocycles. The van der Waals surface area contributed by atoms with Crippen molar-refractivity contribution in [3.63, 3.8) is 0 Å². The van der Waals surface area contributed by atoms with E-state index in [9.17, 15) is 0 Å². The highest BCUT2D eigenvalue weighted by atomic mass is 32.1. The largest absolute Gasteiger partial charge is 0.297 e. The monoisotopic (exact) mass is 295 g/mol. The lowest BCUT2D eigenvalue weighted by Crippen LogP contribution is -2.07. The van der Waals surface area contributed by atoms with E-state index in [-0.39, 0.29) is 0 Å². The van der Waals surface area contributed by atoms with Crippen LogP contribution in [0.25, 0.3) is 10.7 Å². The predicted octanol–water partition coefficient (Wildman–Crippen LogP) is 5.20. The summed E-state index contributed by atoms with van der Waals surface area (Å²) in [6.07, 6.45) is 6.32. The average Bonchev–Trinajstić information content (AvgIpc) is 3.03. The van der Waals surface area contributed by atoms with Crippen molar-refractivity contribution in [3.05, 3.63) is 22.3 Å². The lowest BCUT2D eigenvalue weighted by atomic mass is 10.1. The van der Waals surface area contributed by atoms with Gasteiger partial charge < -0.3 is 0 Å². The summed E-state index contributed by atoms with van der Waals surface area (Å²) in [6, 6.07) is 4.55. The molecule has 2 heterocycles. The normalized spacial score (nSPS) is 12.7. The van der Waals surface area contributed by atoms with E-state index in [0.29, 0.717) is 6.04 Å². The summed E-state index contributed by atoms with van der Waals surface area (Å²) in [5.74, 6) is 0.975. The number of thiophene rings is 1. The van der Waals surface area contributed by atoms with Gasteiger partial charge in [0, 0.05) is 6.04 Å². The molecule has 19 heavy (non-hydrogen) atoms. The van der Waals surface area contributed by atoms with Crippen LogP contribution in [0.3, 0.4) is 0 Å². The van der Waals surface area contributed by atoms with Gasteiger partial charge in [-0.1, -0.05) is 38.7 Å². The highest BCUT2D eigenvalue weighted by molar-refractivity contribution is 7.71. The molecule has 2 rings (SSSR count). The fourth-order valence-electron chi connectivity index (χ4n) is 2.29. The molecule has 0 saturated carbocycles. The van der Waals surface area contributed by atoms with Gasteiger partial charge in [0.2, 0.25) is 0 Å². The summed E-state index contributed by atoms with van der Waals surface area (Å²) >= 11 is 7.08. The van der Waals surface area contributed by atoms with Gasteiger partial charge in [0.1, 0.15) is 0 Å². The van der Waals surface area contributed by atoms with Crippen molar-refractivity contribution in [1.29, 1.82) is 0 Å². The highest BCUT2D eigenvalue weighted by Crippen LogP contribution is 2.27. The highest BCUT2D eigenvalue weighted by Gasteiger charge is 2.14. The zero-order chi connectivity index (χ0) is 13.7. The molecule has 2 aromatic rings. The topological polar surface area (TPSA) is 33.6 Å². The van der Waals surface area contributed by atoms with E-state index in [1.807, 2.05) is 6.07 Å². The standard InChI is InChI=1S/C14H21N3S2/c1-3-4-5-6-8-11(2)17-13(15-16-14(17)18)12-9-7-10-19-12/h7,9-11H,3-6,8H2,1-2H3,(H,16,18). The van der Waals surface area contributed by atoms with Crippen molar-refractivity contribution < 1.29 is 0 Å². The minimum absolute atomic E-state index is 0.403. The summed E-state index contributed by atoms with van der Waals surface area (Å²) in [7, 11) is 0. The Balaban J connectivity index is 2.11. The van der Waals surface area contributed by atoms with Gasteiger partial charge in [0.05, 0.1) is 4.88 Å². The quantitative estimate of drug-likeness (QED) is 0.562. The van der Waals surface area contributed by atoms with Crippen LogP contribution in [0.2, 0.25) is 0 Å². The molecular formula is C14H21N3S2. The molecule has 5 heteroatoms. The van der Waals surface area contributed by atoms with Gasteiger partial charge in [-0.2, -0.15) is 5.10 Å². The van der Waals surface area contributed by atoms with E-state index in [4.69, 9.17) is 12.2 Å². The number of nitrogens with zero attached hydrogens (tertiary/aromatic N) is 2. The lowest BCUT2D eigenvalue weighted by Gasteiger charge is -2.14. The molecule has 0 aliphatic heterocycles. The van der Waals surface area contributed by atoms with E-state index >= 15 is 0 Å². The second kappa shape index (κ2) is 7.01. The van der Waals surface area contributed by atoms with Gasteiger partial charge in [-0.25, -0.2) is 0 Å². The molecule has 0 aliphatic rings. The molecule has 0 radical (unpaired) electrons. The van der Waals surface area contributed by atoms with Crippen molar-refractivity contribution in [1.82, 2.24) is 14.8 Å². The Kier molecular flexibility index (Phi) is 5.34. The number of rotatable bonds is 7. The zero-order valence-corrected chi connectivity index (χ0v) is 13.2. The van der Waals surface area contributed by atoms with E-state index in [1.165, 1.54) is 30.6 Å². The van der Waals surface area contributed by atoms with Gasteiger partial charge in [-0.15, -0.1) is 11.3 Å². The number of nitrogens with one attached hydrogen (secondary N) is 1. The second-order valence-electron chi connectivity index (χ2n) is 4.90. The lowest BCUT2D eigenvalue weighted by molar-refractivity contribution is 0.471. The Hall–Kier alpha value is -0.940. The maximum Gasteiger partial charge on any atom is 0.195 e. The molecule has 0 fully saturated rings. The first-order valence-corrected chi connectivity index (χ1v) is 8.23. The second-order valence-corrected chi connectivity index (χ2v) is 6.23. The molecule has 0 bridgehead atoms. The van der Waals surface area contributed by atoms with E-state index in [0.717, 1.165) is 17.0 Å². The summed E-state index contributed by atoms with van der Waals surface area (Å²) in [5.41, 5.74) is 0. The molecule has 0 amide bonds. The average molecular weight is 295 g/mol. The molecule has 0 saturated heterocycles. The van der Waals surface area contributed by atoms with Gasteiger partial charge >= 0.3 is 0 Å². The van der Waals surface area contributed by atoms with E-state index < -0.39 is 0 Å². The molecular weight excluding hydrogens is 274 g/mol. The van der Waals surface area contributed by atoms with Crippen LogP contribution < -0.4 is 0 Å². The van der Waals surface area contributed by atoms with Crippen LogP contribution in [0.15, 0.2) is 17.5 Å². The van der Waals surface area contributed by atoms with Crippen LogP contribution in [-0.2, 0) is 0 Å². The number of unbranched alkanes of at least 4 members (excludes halogenated alkanes) is 3. The minimum atomic E-state index is 0.403. The van der Waals surface area contributed by atoms with Crippen LogP contribution in [0.1, 0.15) is 52.0 Å². The Morgan fingerprint density at radius 1 is 1.42 bits per heavy atom. The molecule has 1 unspecified atom stereocenters. The summed E-state index contributed by atoms with van der Waals surface area (Å²) in [6.45, 7) is 4.47. The number of hydrogen-bond donors (Lipinski definition) is 1. The Morgan fingerprint density at radius 3 is 2.95 bits per heavy atom. The van der Waals surface area contributed by atoms with Crippen LogP contribution in [0.5, 0.6) is 0 Å². The van der Waals surface area contributed by atoms with Crippen LogP contribution in [0.4, 0.5) is 0 Å². The molecule has 1 atom stereocenters. The Bertz CT molecular complexity index is 539. The summed E-state index contributed by atoms with van der Waals surface area (Å²) < 4.78 is 2.89. The first kappa shape index (κ1) is 14.5. The number of H-pyrrole nitrogens is 1. The van der Waals surface area contributed by atoms with Crippen molar-refractivity contribution in [3.8, 4) is 10.7 Å². The summed E-state index contributed by atoms with van der Waals surface area (Å²) in [5, 5.41) is 9.38. The van der Waals surface area contributed by atoms with E-state index in [1.54, 1.807) is 11.3 Å². The minimum Gasteiger partial charge on any atom is -0.297 e.